The van der Waals surface area contributed by atoms with Crippen molar-refractivity contribution >= 4 is 28.8 Å². The molecule has 2 aliphatic heterocycles. The fourth-order valence-electron chi connectivity index (χ4n) is 3.53. The molecule has 2 aliphatic rings. The van der Waals surface area contributed by atoms with E-state index in [2.05, 4.69) is 4.99 Å². The Balaban J connectivity index is 1.71. The van der Waals surface area contributed by atoms with Gasteiger partial charge >= 0.3 is 5.97 Å². The zero-order chi connectivity index (χ0) is 20.5. The minimum atomic E-state index is -0.531. The SMILES string of the molecule is CC1=C(C(=O)OCc2ccccc2)[C@H](c2ccc(C)cc2)N2C(=O)[C@@H](C)SC2=N1. The van der Waals surface area contributed by atoms with Gasteiger partial charge in [-0.3, -0.25) is 9.69 Å². The predicted molar refractivity (Wildman–Crippen MR) is 114 cm³/mol. The molecule has 2 aromatic carbocycles. The van der Waals surface area contributed by atoms with Crippen LogP contribution in [-0.2, 0) is 20.9 Å². The lowest BCUT2D eigenvalue weighted by atomic mass is 9.93. The Morgan fingerprint density at radius 3 is 2.48 bits per heavy atom. The highest BCUT2D eigenvalue weighted by molar-refractivity contribution is 8.15. The summed E-state index contributed by atoms with van der Waals surface area (Å²) in [5, 5.41) is 0.416. The number of ether oxygens (including phenoxy) is 1. The van der Waals surface area contributed by atoms with Crippen LogP contribution in [0.3, 0.4) is 0 Å². The maximum absolute atomic E-state index is 13.1. The lowest BCUT2D eigenvalue weighted by molar-refractivity contribution is -0.141. The molecule has 1 amide bonds. The second-order valence-electron chi connectivity index (χ2n) is 7.24. The summed E-state index contributed by atoms with van der Waals surface area (Å²) >= 11 is 1.43. The van der Waals surface area contributed by atoms with Crippen molar-refractivity contribution in [2.75, 3.05) is 0 Å². The van der Waals surface area contributed by atoms with Crippen LogP contribution in [0.2, 0.25) is 0 Å². The Hall–Kier alpha value is -2.86. The number of esters is 1. The highest BCUT2D eigenvalue weighted by Gasteiger charge is 2.46. The Morgan fingerprint density at radius 1 is 1.10 bits per heavy atom. The van der Waals surface area contributed by atoms with Crippen molar-refractivity contribution in [3.8, 4) is 0 Å². The Labute approximate surface area is 174 Å². The van der Waals surface area contributed by atoms with E-state index >= 15 is 0 Å². The summed E-state index contributed by atoms with van der Waals surface area (Å²) in [7, 11) is 0. The minimum Gasteiger partial charge on any atom is -0.457 e. The van der Waals surface area contributed by atoms with Crippen LogP contribution < -0.4 is 0 Å². The first-order chi connectivity index (χ1) is 14.0. The molecule has 4 rings (SSSR count). The van der Waals surface area contributed by atoms with Gasteiger partial charge in [0.1, 0.15) is 6.61 Å². The second-order valence-corrected chi connectivity index (χ2v) is 8.54. The van der Waals surface area contributed by atoms with Crippen LogP contribution in [0.15, 0.2) is 70.9 Å². The number of amides is 1. The minimum absolute atomic E-state index is 0.0415. The molecule has 2 atom stereocenters. The fraction of sp³-hybridized carbons (Fsp3) is 0.261. The number of carbonyl (C=O) groups excluding carboxylic acids is 2. The molecule has 0 spiro atoms. The summed E-state index contributed by atoms with van der Waals surface area (Å²) in [5.41, 5.74) is 3.90. The normalized spacial score (nSPS) is 21.1. The Bertz CT molecular complexity index is 1010. The van der Waals surface area contributed by atoms with E-state index < -0.39 is 12.0 Å². The Kier molecular flexibility index (Phi) is 5.28. The van der Waals surface area contributed by atoms with Crippen LogP contribution in [0.1, 0.15) is 36.6 Å². The molecular formula is C23H22N2O3S. The zero-order valence-corrected chi connectivity index (χ0v) is 17.4. The molecule has 0 aliphatic carbocycles. The predicted octanol–water partition coefficient (Wildman–Crippen LogP) is 4.39. The summed E-state index contributed by atoms with van der Waals surface area (Å²) in [6.45, 7) is 5.85. The van der Waals surface area contributed by atoms with Crippen molar-refractivity contribution < 1.29 is 14.3 Å². The third kappa shape index (κ3) is 3.72. The summed E-state index contributed by atoms with van der Waals surface area (Å²) < 4.78 is 5.61. The highest BCUT2D eigenvalue weighted by atomic mass is 32.2. The first kappa shape index (κ1) is 19.5. The maximum Gasteiger partial charge on any atom is 0.338 e. The lowest BCUT2D eigenvalue weighted by Gasteiger charge is -2.33. The van der Waals surface area contributed by atoms with Gasteiger partial charge in [-0.2, -0.15) is 0 Å². The first-order valence-electron chi connectivity index (χ1n) is 9.52. The van der Waals surface area contributed by atoms with Gasteiger partial charge in [-0.1, -0.05) is 71.9 Å². The average Bonchev–Trinajstić information content (AvgIpc) is 3.00. The molecule has 0 aromatic heterocycles. The number of allylic oxidation sites excluding steroid dienone is 1. The molecule has 0 unspecified atom stereocenters. The number of thioether (sulfide) groups is 1. The topological polar surface area (TPSA) is 59.0 Å². The van der Waals surface area contributed by atoms with Gasteiger partial charge in [0.05, 0.1) is 22.6 Å². The van der Waals surface area contributed by atoms with E-state index in [1.807, 2.05) is 68.4 Å². The molecule has 2 heterocycles. The summed E-state index contributed by atoms with van der Waals surface area (Å²) in [6.07, 6.45) is 0. The molecule has 1 saturated heterocycles. The molecule has 0 bridgehead atoms. The van der Waals surface area contributed by atoms with Gasteiger partial charge in [0, 0.05) is 0 Å². The third-order valence-electron chi connectivity index (χ3n) is 5.08. The van der Waals surface area contributed by atoms with Crippen LogP contribution in [0, 0.1) is 6.92 Å². The molecule has 1 fully saturated rings. The fourth-order valence-corrected chi connectivity index (χ4v) is 4.56. The summed E-state index contributed by atoms with van der Waals surface area (Å²) in [5.74, 6) is -0.489. The van der Waals surface area contributed by atoms with E-state index in [9.17, 15) is 9.59 Å². The number of amidine groups is 1. The van der Waals surface area contributed by atoms with Crippen LogP contribution >= 0.6 is 11.8 Å². The van der Waals surface area contributed by atoms with Crippen LogP contribution in [0.5, 0.6) is 0 Å². The van der Waals surface area contributed by atoms with Gasteiger partial charge in [-0.25, -0.2) is 9.79 Å². The zero-order valence-electron chi connectivity index (χ0n) is 16.6. The van der Waals surface area contributed by atoms with Gasteiger partial charge in [-0.15, -0.1) is 0 Å². The van der Waals surface area contributed by atoms with E-state index in [0.29, 0.717) is 16.4 Å². The van der Waals surface area contributed by atoms with Gasteiger partial charge in [-0.05, 0) is 31.9 Å². The number of aliphatic imine (C=N–C) groups is 1. The number of nitrogens with zero attached hydrogens (tertiary/aromatic N) is 2. The standard InChI is InChI=1S/C23H22N2O3S/c1-14-9-11-18(12-10-14)20-19(22(27)28-13-17-7-5-4-6-8-17)15(2)24-23-25(20)21(26)16(3)29-23/h4-12,16,20H,13H2,1-3H3/t16-,20+/m1/s1. The van der Waals surface area contributed by atoms with Crippen LogP contribution in [0.4, 0.5) is 0 Å². The number of aryl methyl sites for hydroxylation is 1. The molecule has 2 aromatic rings. The smallest absolute Gasteiger partial charge is 0.338 e. The molecule has 0 radical (unpaired) electrons. The monoisotopic (exact) mass is 406 g/mol. The largest absolute Gasteiger partial charge is 0.457 e. The molecule has 5 nitrogen and oxygen atoms in total. The van der Waals surface area contributed by atoms with Crippen molar-refractivity contribution in [1.29, 1.82) is 0 Å². The molecular weight excluding hydrogens is 384 g/mol. The first-order valence-corrected chi connectivity index (χ1v) is 10.4. The van der Waals surface area contributed by atoms with E-state index in [1.165, 1.54) is 11.8 Å². The van der Waals surface area contributed by atoms with Gasteiger partial charge in [0.15, 0.2) is 5.17 Å². The van der Waals surface area contributed by atoms with Crippen LogP contribution in [-0.4, -0.2) is 27.2 Å². The van der Waals surface area contributed by atoms with E-state index in [0.717, 1.165) is 16.7 Å². The maximum atomic E-state index is 13.1. The molecule has 0 N–H and O–H groups in total. The van der Waals surface area contributed by atoms with Crippen molar-refractivity contribution in [2.45, 2.75) is 38.7 Å². The lowest BCUT2D eigenvalue weighted by Crippen LogP contribution is -2.40. The molecule has 29 heavy (non-hydrogen) atoms. The summed E-state index contributed by atoms with van der Waals surface area (Å²) in [4.78, 5) is 32.2. The number of hydrogen-bond acceptors (Lipinski definition) is 5. The van der Waals surface area contributed by atoms with Gasteiger partial charge in [0.25, 0.3) is 0 Å². The van der Waals surface area contributed by atoms with Crippen molar-refractivity contribution in [3.63, 3.8) is 0 Å². The number of benzene rings is 2. The molecule has 148 valence electrons. The Morgan fingerprint density at radius 2 is 1.79 bits per heavy atom. The second kappa shape index (κ2) is 7.87. The van der Waals surface area contributed by atoms with Crippen LogP contribution in [0.25, 0.3) is 0 Å². The average molecular weight is 407 g/mol. The number of hydrogen-bond donors (Lipinski definition) is 0. The molecule has 6 heteroatoms. The third-order valence-corrected chi connectivity index (χ3v) is 6.14. The molecule has 0 saturated carbocycles. The van der Waals surface area contributed by atoms with Gasteiger partial charge < -0.3 is 4.74 Å². The van der Waals surface area contributed by atoms with Crippen molar-refractivity contribution in [1.82, 2.24) is 4.90 Å². The summed E-state index contributed by atoms with van der Waals surface area (Å²) in [6, 6.07) is 16.9. The highest BCUT2D eigenvalue weighted by Crippen LogP contribution is 2.43. The quantitative estimate of drug-likeness (QED) is 0.707. The van der Waals surface area contributed by atoms with Crippen molar-refractivity contribution in [3.05, 3.63) is 82.6 Å². The van der Waals surface area contributed by atoms with E-state index in [-0.39, 0.29) is 17.8 Å². The number of rotatable bonds is 4. The van der Waals surface area contributed by atoms with Crippen molar-refractivity contribution in [2.24, 2.45) is 4.99 Å². The van der Waals surface area contributed by atoms with E-state index in [1.54, 1.807) is 11.8 Å². The number of carbonyl (C=O) groups is 2. The number of fused-ring (bicyclic) bond motifs is 1. The van der Waals surface area contributed by atoms with E-state index in [4.69, 9.17) is 4.74 Å². The van der Waals surface area contributed by atoms with Gasteiger partial charge in [0.2, 0.25) is 5.91 Å².